The summed E-state index contributed by atoms with van der Waals surface area (Å²) in [4.78, 5) is 4.53. The number of aromatic nitrogens is 4. The van der Waals surface area contributed by atoms with E-state index in [0.717, 1.165) is 38.6 Å². The van der Waals surface area contributed by atoms with Gasteiger partial charge in [0.15, 0.2) is 5.82 Å². The number of halogens is 1. The molecule has 128 valence electrons. The molecule has 1 N–H and O–H groups in total. The first-order chi connectivity index (χ1) is 12.7. The predicted octanol–water partition coefficient (Wildman–Crippen LogP) is 4.80. The monoisotopic (exact) mass is 379 g/mol. The second-order valence-electron chi connectivity index (χ2n) is 6.14. The third-order valence-electron chi connectivity index (χ3n) is 4.48. The molecular formula is C19H14ClN5S. The van der Waals surface area contributed by atoms with E-state index >= 15 is 0 Å². The van der Waals surface area contributed by atoms with Gasteiger partial charge in [0.1, 0.15) is 10.5 Å². The van der Waals surface area contributed by atoms with E-state index < -0.39 is 0 Å². The topological polar surface area (TPSA) is 55.6 Å². The van der Waals surface area contributed by atoms with Crippen molar-refractivity contribution in [3.05, 3.63) is 70.9 Å². The molecule has 0 amide bonds. The van der Waals surface area contributed by atoms with Crippen molar-refractivity contribution in [3.63, 3.8) is 0 Å². The van der Waals surface area contributed by atoms with Crippen molar-refractivity contribution < 1.29 is 0 Å². The summed E-state index contributed by atoms with van der Waals surface area (Å²) in [6, 6.07) is 18.2. The van der Waals surface area contributed by atoms with Crippen LogP contribution in [0.5, 0.6) is 0 Å². The van der Waals surface area contributed by atoms with E-state index in [4.69, 9.17) is 11.6 Å². The number of fused-ring (bicyclic) bond motifs is 2. The molecule has 0 saturated carbocycles. The number of aryl methyl sites for hydroxylation is 1. The average Bonchev–Trinajstić information content (AvgIpc) is 3.22. The zero-order chi connectivity index (χ0) is 17.7. The number of benzene rings is 2. The number of hydrogen-bond acceptors (Lipinski definition) is 5. The van der Waals surface area contributed by atoms with Crippen LogP contribution in [0.2, 0.25) is 5.15 Å². The number of rotatable bonds is 2. The molecule has 1 unspecified atom stereocenters. The van der Waals surface area contributed by atoms with Crippen LogP contribution in [-0.4, -0.2) is 19.9 Å². The molecular weight excluding hydrogens is 366 g/mol. The van der Waals surface area contributed by atoms with Gasteiger partial charge >= 0.3 is 0 Å². The summed E-state index contributed by atoms with van der Waals surface area (Å²) in [6.07, 6.45) is 0. The van der Waals surface area contributed by atoms with E-state index in [-0.39, 0.29) is 5.37 Å². The number of hydrogen-bond donors (Lipinski definition) is 1. The Labute approximate surface area is 159 Å². The van der Waals surface area contributed by atoms with Crippen LogP contribution in [0, 0.1) is 6.92 Å². The van der Waals surface area contributed by atoms with E-state index in [1.54, 1.807) is 11.8 Å². The maximum atomic E-state index is 6.47. The Morgan fingerprint density at radius 2 is 1.88 bits per heavy atom. The predicted molar refractivity (Wildman–Crippen MR) is 105 cm³/mol. The fourth-order valence-electron chi connectivity index (χ4n) is 3.14. The van der Waals surface area contributed by atoms with E-state index in [0.29, 0.717) is 5.15 Å². The first-order valence-electron chi connectivity index (χ1n) is 8.20. The van der Waals surface area contributed by atoms with Crippen molar-refractivity contribution in [2.75, 3.05) is 5.43 Å². The largest absolute Gasteiger partial charge is 0.304 e. The van der Waals surface area contributed by atoms with Gasteiger partial charge in [-0.05, 0) is 24.6 Å². The standard InChI is InChI=1S/C19H14ClN5S/c1-11-6-2-4-8-13(11)17-22-23-19-25(17)24-18(26-19)14-10-12-7-3-5-9-15(12)21-16(14)20/h2-10,18,24H,1H3. The second-order valence-corrected chi connectivity index (χ2v) is 7.57. The van der Waals surface area contributed by atoms with Gasteiger partial charge in [0, 0.05) is 16.5 Å². The number of para-hydroxylation sites is 1. The highest BCUT2D eigenvalue weighted by molar-refractivity contribution is 7.99. The smallest absolute Gasteiger partial charge is 0.212 e. The highest BCUT2D eigenvalue weighted by Gasteiger charge is 2.30. The van der Waals surface area contributed by atoms with Gasteiger partial charge in [-0.1, -0.05) is 65.8 Å². The molecule has 5 nitrogen and oxygen atoms in total. The molecule has 1 aliphatic heterocycles. The molecule has 2 aromatic heterocycles. The van der Waals surface area contributed by atoms with Gasteiger partial charge < -0.3 is 5.43 Å². The van der Waals surface area contributed by atoms with Crippen molar-refractivity contribution in [1.82, 2.24) is 19.9 Å². The summed E-state index contributed by atoms with van der Waals surface area (Å²) >= 11 is 8.05. The van der Waals surface area contributed by atoms with Gasteiger partial charge in [-0.3, -0.25) is 0 Å². The van der Waals surface area contributed by atoms with Crippen molar-refractivity contribution in [2.45, 2.75) is 17.5 Å². The third kappa shape index (κ3) is 2.45. The van der Waals surface area contributed by atoms with Crippen LogP contribution in [0.1, 0.15) is 16.5 Å². The minimum absolute atomic E-state index is 0.0622. The zero-order valence-electron chi connectivity index (χ0n) is 13.8. The van der Waals surface area contributed by atoms with Gasteiger partial charge in [0.25, 0.3) is 0 Å². The Kier molecular flexibility index (Phi) is 3.62. The Balaban J connectivity index is 1.54. The first-order valence-corrected chi connectivity index (χ1v) is 9.46. The fourth-order valence-corrected chi connectivity index (χ4v) is 4.46. The normalized spacial score (nSPS) is 15.8. The first kappa shape index (κ1) is 15.7. The quantitative estimate of drug-likeness (QED) is 0.507. The second kappa shape index (κ2) is 6.00. The summed E-state index contributed by atoms with van der Waals surface area (Å²) in [5, 5.41) is 11.0. The SMILES string of the molecule is Cc1ccccc1-c1nnc2n1NC(c1cc3ccccc3nc1Cl)S2. The van der Waals surface area contributed by atoms with Crippen LogP contribution in [-0.2, 0) is 0 Å². The van der Waals surface area contributed by atoms with Gasteiger partial charge in [-0.25, -0.2) is 9.66 Å². The molecule has 3 heterocycles. The van der Waals surface area contributed by atoms with Crippen molar-refractivity contribution >= 4 is 34.3 Å². The van der Waals surface area contributed by atoms with E-state index in [1.807, 2.05) is 41.1 Å². The number of pyridine rings is 1. The third-order valence-corrected chi connectivity index (χ3v) is 5.85. The molecule has 7 heteroatoms. The fraction of sp³-hybridized carbons (Fsp3) is 0.105. The van der Waals surface area contributed by atoms with Crippen molar-refractivity contribution in [2.24, 2.45) is 0 Å². The van der Waals surface area contributed by atoms with Crippen LogP contribution < -0.4 is 5.43 Å². The van der Waals surface area contributed by atoms with Crippen LogP contribution in [0.25, 0.3) is 22.3 Å². The van der Waals surface area contributed by atoms with E-state index in [9.17, 15) is 0 Å². The van der Waals surface area contributed by atoms with Crippen molar-refractivity contribution in [1.29, 1.82) is 0 Å². The molecule has 1 atom stereocenters. The molecule has 0 saturated heterocycles. The summed E-state index contributed by atoms with van der Waals surface area (Å²) in [7, 11) is 0. The van der Waals surface area contributed by atoms with Crippen LogP contribution in [0.4, 0.5) is 0 Å². The number of thioether (sulfide) groups is 1. The highest BCUT2D eigenvalue weighted by Crippen LogP contribution is 2.42. The maximum absolute atomic E-state index is 6.47. The Bertz CT molecular complexity index is 1140. The van der Waals surface area contributed by atoms with E-state index in [2.05, 4.69) is 45.7 Å². The summed E-state index contributed by atoms with van der Waals surface area (Å²) in [5.41, 5.74) is 7.51. The maximum Gasteiger partial charge on any atom is 0.212 e. The zero-order valence-corrected chi connectivity index (χ0v) is 15.4. The molecule has 0 radical (unpaired) electrons. The van der Waals surface area contributed by atoms with Gasteiger partial charge in [-0.2, -0.15) is 0 Å². The Morgan fingerprint density at radius 1 is 1.08 bits per heavy atom. The molecule has 1 aliphatic rings. The molecule has 0 bridgehead atoms. The minimum Gasteiger partial charge on any atom is -0.304 e. The Morgan fingerprint density at radius 3 is 2.77 bits per heavy atom. The lowest BCUT2D eigenvalue weighted by Crippen LogP contribution is -2.14. The Hall–Kier alpha value is -2.57. The highest BCUT2D eigenvalue weighted by atomic mass is 35.5. The molecule has 26 heavy (non-hydrogen) atoms. The molecule has 4 aromatic rings. The van der Waals surface area contributed by atoms with Gasteiger partial charge in [0.05, 0.1) is 5.52 Å². The average molecular weight is 380 g/mol. The number of nitrogens with zero attached hydrogens (tertiary/aromatic N) is 4. The number of nitrogens with one attached hydrogen (secondary N) is 1. The van der Waals surface area contributed by atoms with Crippen LogP contribution in [0.3, 0.4) is 0 Å². The molecule has 2 aromatic carbocycles. The van der Waals surface area contributed by atoms with Gasteiger partial charge in [-0.15, -0.1) is 10.2 Å². The summed E-state index contributed by atoms with van der Waals surface area (Å²) in [6.45, 7) is 2.07. The van der Waals surface area contributed by atoms with Gasteiger partial charge in [0.2, 0.25) is 5.16 Å². The van der Waals surface area contributed by atoms with E-state index in [1.165, 1.54) is 0 Å². The van der Waals surface area contributed by atoms with Crippen LogP contribution >= 0.6 is 23.4 Å². The summed E-state index contributed by atoms with van der Waals surface area (Å²) in [5.74, 6) is 0.804. The lowest BCUT2D eigenvalue weighted by molar-refractivity contribution is 0.791. The molecule has 0 aliphatic carbocycles. The van der Waals surface area contributed by atoms with Crippen LogP contribution in [0.15, 0.2) is 59.8 Å². The molecule has 5 rings (SSSR count). The minimum atomic E-state index is -0.0622. The van der Waals surface area contributed by atoms with Crippen molar-refractivity contribution in [3.8, 4) is 11.4 Å². The molecule has 0 spiro atoms. The molecule has 0 fully saturated rings. The lowest BCUT2D eigenvalue weighted by atomic mass is 10.1. The lowest BCUT2D eigenvalue weighted by Gasteiger charge is -2.14. The summed E-state index contributed by atoms with van der Waals surface area (Å²) < 4.78 is 1.93.